The first-order valence-corrected chi connectivity index (χ1v) is 4.09. The fourth-order valence-corrected chi connectivity index (χ4v) is 1.10. The van der Waals surface area contributed by atoms with Crippen LogP contribution in [0.2, 0.25) is 0 Å². The molecule has 0 fully saturated rings. The summed E-state index contributed by atoms with van der Waals surface area (Å²) in [6, 6.07) is 5.48. The second-order valence-corrected chi connectivity index (χ2v) is 2.65. The van der Waals surface area contributed by atoms with Crippen LogP contribution in [0.4, 0.5) is 0 Å². The molecule has 67 valence electrons. The molecule has 13 heavy (non-hydrogen) atoms. The van der Waals surface area contributed by atoms with Gasteiger partial charge >= 0.3 is 0 Å². The fourth-order valence-electron chi connectivity index (χ4n) is 1.10. The maximum atomic E-state index is 5.38. The highest BCUT2D eigenvalue weighted by Crippen LogP contribution is 2.16. The van der Waals surface area contributed by atoms with Crippen LogP contribution in [0, 0.1) is 6.20 Å². The van der Waals surface area contributed by atoms with E-state index in [9.17, 15) is 0 Å². The van der Waals surface area contributed by atoms with Crippen LogP contribution < -0.4 is 5.73 Å². The first-order chi connectivity index (χ1) is 6.40. The molecule has 0 bridgehead atoms. The molecule has 0 aliphatic heterocycles. The summed E-state index contributed by atoms with van der Waals surface area (Å²) in [6.07, 6.45) is 4.58. The van der Waals surface area contributed by atoms with Crippen molar-refractivity contribution in [2.75, 3.05) is 6.54 Å². The van der Waals surface area contributed by atoms with Gasteiger partial charge in [0, 0.05) is 6.54 Å². The van der Waals surface area contributed by atoms with Crippen LogP contribution in [0.5, 0.6) is 0 Å². The summed E-state index contributed by atoms with van der Waals surface area (Å²) in [4.78, 5) is 0. The fraction of sp³-hybridized carbons (Fsp3) is 0.222. The standard InChI is InChI=1S/C9H10N3O/c10-4-6-12-5-3-8(11-12)9-2-1-7-13-9/h1-3,7H,4,6,10H2. The molecule has 2 aromatic rings. The summed E-state index contributed by atoms with van der Waals surface area (Å²) in [5, 5.41) is 4.23. The van der Waals surface area contributed by atoms with Crippen LogP contribution in [0.25, 0.3) is 11.5 Å². The first kappa shape index (κ1) is 8.07. The van der Waals surface area contributed by atoms with Gasteiger partial charge < -0.3 is 10.2 Å². The third kappa shape index (κ3) is 1.62. The van der Waals surface area contributed by atoms with Crippen LogP contribution in [-0.4, -0.2) is 16.3 Å². The van der Waals surface area contributed by atoms with Gasteiger partial charge in [-0.3, -0.25) is 4.68 Å². The predicted molar refractivity (Wildman–Crippen MR) is 47.8 cm³/mol. The van der Waals surface area contributed by atoms with Gasteiger partial charge in [0.25, 0.3) is 0 Å². The van der Waals surface area contributed by atoms with E-state index < -0.39 is 0 Å². The van der Waals surface area contributed by atoms with Crippen LogP contribution in [0.15, 0.2) is 28.9 Å². The Bertz CT molecular complexity index is 364. The van der Waals surface area contributed by atoms with Crippen molar-refractivity contribution in [2.24, 2.45) is 5.73 Å². The van der Waals surface area contributed by atoms with E-state index >= 15 is 0 Å². The van der Waals surface area contributed by atoms with Gasteiger partial charge in [0.2, 0.25) is 0 Å². The van der Waals surface area contributed by atoms with Gasteiger partial charge in [-0.2, -0.15) is 5.10 Å². The topological polar surface area (TPSA) is 57.0 Å². The van der Waals surface area contributed by atoms with Gasteiger partial charge in [-0.15, -0.1) is 0 Å². The lowest BCUT2D eigenvalue weighted by atomic mass is 10.3. The third-order valence-corrected chi connectivity index (χ3v) is 1.69. The Morgan fingerprint density at radius 2 is 2.54 bits per heavy atom. The third-order valence-electron chi connectivity index (χ3n) is 1.69. The van der Waals surface area contributed by atoms with Crippen LogP contribution in [-0.2, 0) is 6.54 Å². The molecule has 4 heteroatoms. The smallest absolute Gasteiger partial charge is 0.154 e. The number of aromatic nitrogens is 2. The summed E-state index contributed by atoms with van der Waals surface area (Å²) < 4.78 is 6.86. The van der Waals surface area contributed by atoms with Crippen molar-refractivity contribution in [3.8, 4) is 11.5 Å². The Morgan fingerprint density at radius 1 is 1.62 bits per heavy atom. The molecule has 0 saturated carbocycles. The highest BCUT2D eigenvalue weighted by molar-refractivity contribution is 5.50. The SMILES string of the molecule is NCCn1[c]cc(-c2ccco2)n1. The van der Waals surface area contributed by atoms with Gasteiger partial charge in [-0.1, -0.05) is 0 Å². The summed E-state index contributed by atoms with van der Waals surface area (Å²) in [5.74, 6) is 0.757. The molecule has 0 unspecified atom stereocenters. The summed E-state index contributed by atoms with van der Waals surface area (Å²) >= 11 is 0. The molecule has 0 aliphatic carbocycles. The van der Waals surface area contributed by atoms with Crippen molar-refractivity contribution < 1.29 is 4.42 Å². The van der Waals surface area contributed by atoms with Gasteiger partial charge in [-0.05, 0) is 18.2 Å². The Morgan fingerprint density at radius 3 is 3.23 bits per heavy atom. The lowest BCUT2D eigenvalue weighted by Crippen LogP contribution is -2.10. The minimum atomic E-state index is 0.565. The molecular weight excluding hydrogens is 166 g/mol. The van der Waals surface area contributed by atoms with E-state index in [2.05, 4.69) is 11.3 Å². The molecule has 0 spiro atoms. The molecule has 2 heterocycles. The van der Waals surface area contributed by atoms with E-state index in [1.165, 1.54) is 0 Å². The highest BCUT2D eigenvalue weighted by atomic mass is 16.3. The van der Waals surface area contributed by atoms with E-state index in [1.807, 2.05) is 12.1 Å². The molecule has 0 amide bonds. The number of hydrogen-bond acceptors (Lipinski definition) is 3. The zero-order valence-electron chi connectivity index (χ0n) is 7.10. The average Bonchev–Trinajstić information content (AvgIpc) is 2.70. The van der Waals surface area contributed by atoms with Crippen molar-refractivity contribution in [2.45, 2.75) is 6.54 Å². The molecule has 1 radical (unpaired) electrons. The first-order valence-electron chi connectivity index (χ1n) is 4.09. The summed E-state index contributed by atoms with van der Waals surface area (Å²) in [6.45, 7) is 1.25. The molecule has 2 rings (SSSR count). The Kier molecular flexibility index (Phi) is 2.14. The number of nitrogens with two attached hydrogens (primary N) is 1. The van der Waals surface area contributed by atoms with Gasteiger partial charge in [0.15, 0.2) is 5.76 Å². The second-order valence-electron chi connectivity index (χ2n) is 2.65. The highest BCUT2D eigenvalue weighted by Gasteiger charge is 2.03. The van der Waals surface area contributed by atoms with E-state index in [1.54, 1.807) is 17.0 Å². The van der Waals surface area contributed by atoms with Crippen molar-refractivity contribution >= 4 is 0 Å². The summed E-state index contributed by atoms with van der Waals surface area (Å²) in [7, 11) is 0. The Hall–Kier alpha value is -1.55. The average molecular weight is 176 g/mol. The van der Waals surface area contributed by atoms with Crippen molar-refractivity contribution in [1.29, 1.82) is 0 Å². The normalized spacial score (nSPS) is 10.5. The zero-order valence-corrected chi connectivity index (χ0v) is 7.10. The molecule has 0 saturated heterocycles. The molecule has 0 atom stereocenters. The van der Waals surface area contributed by atoms with Crippen LogP contribution in [0.3, 0.4) is 0 Å². The van der Waals surface area contributed by atoms with Crippen LogP contribution >= 0.6 is 0 Å². The van der Waals surface area contributed by atoms with Crippen molar-refractivity contribution in [3.63, 3.8) is 0 Å². The Balaban J connectivity index is 2.23. The minimum absolute atomic E-state index is 0.565. The van der Waals surface area contributed by atoms with E-state index in [0.717, 1.165) is 11.5 Å². The van der Waals surface area contributed by atoms with E-state index in [0.29, 0.717) is 13.1 Å². The second kappa shape index (κ2) is 3.45. The largest absolute Gasteiger partial charge is 0.463 e. The maximum Gasteiger partial charge on any atom is 0.154 e. The zero-order chi connectivity index (χ0) is 9.10. The maximum absolute atomic E-state index is 5.38. The van der Waals surface area contributed by atoms with Gasteiger partial charge in [0.05, 0.1) is 19.0 Å². The Labute approximate surface area is 76.0 Å². The van der Waals surface area contributed by atoms with Gasteiger partial charge in [-0.25, -0.2) is 0 Å². The van der Waals surface area contributed by atoms with Gasteiger partial charge in [0.1, 0.15) is 5.69 Å². The molecule has 2 aromatic heterocycles. The molecule has 0 aromatic carbocycles. The van der Waals surface area contributed by atoms with Crippen molar-refractivity contribution in [3.05, 3.63) is 30.7 Å². The lowest BCUT2D eigenvalue weighted by molar-refractivity contribution is 0.572. The monoisotopic (exact) mass is 176 g/mol. The number of rotatable bonds is 3. The summed E-state index contributed by atoms with van der Waals surface area (Å²) in [5.41, 5.74) is 6.17. The number of hydrogen-bond donors (Lipinski definition) is 1. The molecule has 2 N–H and O–H groups in total. The molecule has 4 nitrogen and oxygen atoms in total. The van der Waals surface area contributed by atoms with Crippen LogP contribution in [0.1, 0.15) is 0 Å². The van der Waals surface area contributed by atoms with E-state index in [4.69, 9.17) is 10.2 Å². The predicted octanol–water partition coefficient (Wildman–Crippen LogP) is 0.902. The number of nitrogens with zero attached hydrogens (tertiary/aromatic N) is 2. The lowest BCUT2D eigenvalue weighted by Gasteiger charge is -1.94. The molecule has 0 aliphatic rings. The van der Waals surface area contributed by atoms with Crippen molar-refractivity contribution in [1.82, 2.24) is 9.78 Å². The van der Waals surface area contributed by atoms with E-state index in [-0.39, 0.29) is 0 Å². The quantitative estimate of drug-likeness (QED) is 0.756. The number of furan rings is 1. The minimum Gasteiger partial charge on any atom is -0.463 e. The molecular formula is C9H10N3O.